The molecule has 0 unspecified atom stereocenters. The molecule has 1 amide bonds. The third-order valence-corrected chi connectivity index (χ3v) is 2.76. The molecule has 0 aromatic heterocycles. The number of nitrogens with one attached hydrogen (secondary N) is 1. The zero-order valence-electron chi connectivity index (χ0n) is 9.41. The Morgan fingerprint density at radius 3 is 2.88 bits per heavy atom. The molecule has 1 aliphatic heterocycles. The Kier molecular flexibility index (Phi) is 2.70. The molecule has 5 nitrogen and oxygen atoms in total. The number of rotatable bonds is 2. The molecule has 0 fully saturated rings. The number of anilines is 3. The quantitative estimate of drug-likeness (QED) is 0.580. The van der Waals surface area contributed by atoms with E-state index in [9.17, 15) is 4.79 Å². The van der Waals surface area contributed by atoms with Crippen molar-refractivity contribution >= 4 is 23.0 Å². The minimum atomic E-state index is 0.0447. The van der Waals surface area contributed by atoms with E-state index in [1.165, 1.54) is 0 Å². The Balaban J connectivity index is 2.42. The minimum Gasteiger partial charge on any atom is -0.397 e. The van der Waals surface area contributed by atoms with Crippen LogP contribution in [0.5, 0.6) is 0 Å². The zero-order chi connectivity index (χ0) is 11.7. The van der Waals surface area contributed by atoms with Crippen LogP contribution in [0.2, 0.25) is 0 Å². The van der Waals surface area contributed by atoms with Crippen LogP contribution in [-0.2, 0) is 16.1 Å². The van der Waals surface area contributed by atoms with Crippen LogP contribution in [0.3, 0.4) is 0 Å². The van der Waals surface area contributed by atoms with Crippen molar-refractivity contribution in [1.29, 1.82) is 0 Å². The molecule has 16 heavy (non-hydrogen) atoms. The van der Waals surface area contributed by atoms with E-state index in [1.807, 2.05) is 12.1 Å². The number of carbonyl (C=O) groups excluding carboxylic acids is 1. The monoisotopic (exact) mass is 221 g/mol. The van der Waals surface area contributed by atoms with Crippen molar-refractivity contribution < 1.29 is 9.63 Å². The van der Waals surface area contributed by atoms with E-state index in [-0.39, 0.29) is 5.91 Å². The summed E-state index contributed by atoms with van der Waals surface area (Å²) in [4.78, 5) is 16.3. The lowest BCUT2D eigenvalue weighted by Gasteiger charge is -2.23. The first-order valence-electron chi connectivity index (χ1n) is 5.12. The second kappa shape index (κ2) is 4.02. The average molecular weight is 221 g/mol. The van der Waals surface area contributed by atoms with Crippen LogP contribution in [0.25, 0.3) is 0 Å². The number of fused-ring (bicyclic) bond motifs is 1. The molecule has 0 atom stereocenters. The fourth-order valence-corrected chi connectivity index (χ4v) is 1.81. The number of hydroxylamine groups is 1. The molecule has 0 radical (unpaired) electrons. The highest BCUT2D eigenvalue weighted by Crippen LogP contribution is 2.32. The molecule has 1 aromatic carbocycles. The van der Waals surface area contributed by atoms with Crippen LogP contribution in [-0.4, -0.2) is 20.1 Å². The average Bonchev–Trinajstić information content (AvgIpc) is 2.28. The highest BCUT2D eigenvalue weighted by molar-refractivity contribution is 5.95. The Labute approximate surface area is 94.1 Å². The molecule has 0 bridgehead atoms. The predicted octanol–water partition coefficient (Wildman–Crippen LogP) is 1.15. The molecule has 2 rings (SSSR count). The van der Waals surface area contributed by atoms with E-state index in [0.29, 0.717) is 12.1 Å². The van der Waals surface area contributed by atoms with E-state index in [1.54, 1.807) is 19.2 Å². The lowest BCUT2D eigenvalue weighted by molar-refractivity contribution is -0.116. The standard InChI is InChI=1S/C11H15N3O2/c1-14(16-2)10-6-9-7(5-8(10)12)3-4-11(15)13-9/h5-6H,3-4,12H2,1-2H3,(H,13,15). The third kappa shape index (κ3) is 1.81. The SMILES string of the molecule is CON(C)c1cc2c(cc1N)CCC(=O)N2. The first kappa shape index (κ1) is 10.8. The van der Waals surface area contributed by atoms with Crippen molar-refractivity contribution in [2.24, 2.45) is 0 Å². The molecule has 1 aromatic rings. The molecule has 0 saturated heterocycles. The summed E-state index contributed by atoms with van der Waals surface area (Å²) in [7, 11) is 3.33. The van der Waals surface area contributed by atoms with Crippen molar-refractivity contribution in [3.8, 4) is 0 Å². The Morgan fingerprint density at radius 2 is 2.19 bits per heavy atom. The van der Waals surface area contributed by atoms with Gasteiger partial charge in [0.1, 0.15) is 0 Å². The first-order valence-corrected chi connectivity index (χ1v) is 5.12. The fraction of sp³-hybridized carbons (Fsp3) is 0.364. The highest BCUT2D eigenvalue weighted by atomic mass is 16.7. The van der Waals surface area contributed by atoms with Gasteiger partial charge in [-0.25, -0.2) is 0 Å². The summed E-state index contributed by atoms with van der Waals surface area (Å²) in [5.41, 5.74) is 9.22. The van der Waals surface area contributed by atoms with Gasteiger partial charge in [-0.2, -0.15) is 0 Å². The summed E-state index contributed by atoms with van der Waals surface area (Å²) in [6, 6.07) is 3.73. The maximum absolute atomic E-state index is 11.3. The van der Waals surface area contributed by atoms with E-state index >= 15 is 0 Å². The smallest absolute Gasteiger partial charge is 0.224 e. The lowest BCUT2D eigenvalue weighted by atomic mass is 10.0. The van der Waals surface area contributed by atoms with E-state index in [0.717, 1.165) is 23.4 Å². The molecule has 1 aliphatic rings. The van der Waals surface area contributed by atoms with Gasteiger partial charge in [-0.1, -0.05) is 0 Å². The normalized spacial score (nSPS) is 14.2. The van der Waals surface area contributed by atoms with Gasteiger partial charge in [0.05, 0.1) is 18.5 Å². The highest BCUT2D eigenvalue weighted by Gasteiger charge is 2.17. The lowest BCUT2D eigenvalue weighted by Crippen LogP contribution is -2.21. The van der Waals surface area contributed by atoms with Crippen LogP contribution >= 0.6 is 0 Å². The first-order chi connectivity index (χ1) is 7.61. The topological polar surface area (TPSA) is 67.6 Å². The van der Waals surface area contributed by atoms with Crippen molar-refractivity contribution in [2.45, 2.75) is 12.8 Å². The van der Waals surface area contributed by atoms with Gasteiger partial charge in [0.15, 0.2) is 0 Å². The van der Waals surface area contributed by atoms with Gasteiger partial charge >= 0.3 is 0 Å². The number of nitrogen functional groups attached to an aromatic ring is 1. The molecular formula is C11H15N3O2. The van der Waals surface area contributed by atoms with Crippen LogP contribution in [0, 0.1) is 0 Å². The number of nitrogens with two attached hydrogens (primary N) is 1. The van der Waals surface area contributed by atoms with Gasteiger partial charge in [-0.05, 0) is 24.1 Å². The second-order valence-electron chi connectivity index (χ2n) is 3.80. The number of benzene rings is 1. The van der Waals surface area contributed by atoms with Crippen molar-refractivity contribution in [3.05, 3.63) is 17.7 Å². The van der Waals surface area contributed by atoms with Crippen molar-refractivity contribution in [1.82, 2.24) is 0 Å². The van der Waals surface area contributed by atoms with Crippen molar-refractivity contribution in [3.63, 3.8) is 0 Å². The summed E-state index contributed by atoms with van der Waals surface area (Å²) < 4.78 is 0. The summed E-state index contributed by atoms with van der Waals surface area (Å²) >= 11 is 0. The number of aryl methyl sites for hydroxylation is 1. The molecule has 0 spiro atoms. The van der Waals surface area contributed by atoms with Crippen molar-refractivity contribution in [2.75, 3.05) is 30.3 Å². The third-order valence-electron chi connectivity index (χ3n) is 2.76. The van der Waals surface area contributed by atoms with Gasteiger partial charge in [0.2, 0.25) is 5.91 Å². The van der Waals surface area contributed by atoms with Crippen LogP contribution in [0.4, 0.5) is 17.1 Å². The molecule has 86 valence electrons. The molecule has 3 N–H and O–H groups in total. The van der Waals surface area contributed by atoms with Crippen LogP contribution in [0.15, 0.2) is 12.1 Å². The van der Waals surface area contributed by atoms with Gasteiger partial charge in [-0.15, -0.1) is 0 Å². The Bertz CT molecular complexity index is 431. The number of carbonyl (C=O) groups is 1. The van der Waals surface area contributed by atoms with Crippen LogP contribution < -0.4 is 16.1 Å². The molecular weight excluding hydrogens is 206 g/mol. The Morgan fingerprint density at radius 1 is 1.44 bits per heavy atom. The molecule has 1 heterocycles. The van der Waals surface area contributed by atoms with Gasteiger partial charge in [0, 0.05) is 19.2 Å². The van der Waals surface area contributed by atoms with Gasteiger partial charge in [-0.3, -0.25) is 14.7 Å². The maximum atomic E-state index is 11.3. The predicted molar refractivity (Wildman–Crippen MR) is 63.2 cm³/mol. The minimum absolute atomic E-state index is 0.0447. The summed E-state index contributed by atoms with van der Waals surface area (Å²) in [5, 5.41) is 4.40. The van der Waals surface area contributed by atoms with Gasteiger partial charge in [0.25, 0.3) is 0 Å². The molecule has 0 saturated carbocycles. The maximum Gasteiger partial charge on any atom is 0.224 e. The zero-order valence-corrected chi connectivity index (χ0v) is 9.41. The number of hydrogen-bond donors (Lipinski definition) is 2. The summed E-state index contributed by atoms with van der Waals surface area (Å²) in [6.45, 7) is 0. The van der Waals surface area contributed by atoms with Gasteiger partial charge < -0.3 is 11.1 Å². The van der Waals surface area contributed by atoms with E-state index in [2.05, 4.69) is 5.32 Å². The van der Waals surface area contributed by atoms with E-state index < -0.39 is 0 Å². The fourth-order valence-electron chi connectivity index (χ4n) is 1.81. The number of nitrogens with zero attached hydrogens (tertiary/aromatic N) is 1. The summed E-state index contributed by atoms with van der Waals surface area (Å²) in [5.74, 6) is 0.0447. The molecule has 0 aliphatic carbocycles. The molecule has 5 heteroatoms. The Hall–Kier alpha value is -1.75. The number of hydrogen-bond acceptors (Lipinski definition) is 4. The number of amides is 1. The largest absolute Gasteiger partial charge is 0.397 e. The summed E-state index contributed by atoms with van der Waals surface area (Å²) in [6.07, 6.45) is 1.26. The van der Waals surface area contributed by atoms with E-state index in [4.69, 9.17) is 10.6 Å². The van der Waals surface area contributed by atoms with Crippen LogP contribution in [0.1, 0.15) is 12.0 Å². The second-order valence-corrected chi connectivity index (χ2v) is 3.80.